The molecule has 38 heavy (non-hydrogen) atoms. The van der Waals surface area contributed by atoms with Crippen LogP contribution in [0.2, 0.25) is 0 Å². The first-order chi connectivity index (χ1) is 18.2. The maximum Gasteiger partial charge on any atom is 0.311 e. The van der Waals surface area contributed by atoms with Crippen LogP contribution in [0, 0.1) is 11.8 Å². The third-order valence-corrected chi connectivity index (χ3v) is 9.16. The van der Waals surface area contributed by atoms with Gasteiger partial charge in [-0.1, -0.05) is 53.4 Å². The zero-order chi connectivity index (χ0) is 27.3. The van der Waals surface area contributed by atoms with E-state index < -0.39 is 0 Å². The van der Waals surface area contributed by atoms with Crippen LogP contribution in [0.3, 0.4) is 0 Å². The molecule has 0 bridgehead atoms. The molecule has 0 amide bonds. The first kappa shape index (κ1) is 29.1. The second-order valence-corrected chi connectivity index (χ2v) is 12.5. The first-order valence-electron chi connectivity index (χ1n) is 15.3. The van der Waals surface area contributed by atoms with Gasteiger partial charge in [0.25, 0.3) is 0 Å². The number of fused-ring (bicyclic) bond motifs is 2. The zero-order valence-electron chi connectivity index (χ0n) is 24.9. The van der Waals surface area contributed by atoms with Crippen molar-refractivity contribution in [2.24, 2.45) is 11.8 Å². The molecule has 0 saturated carbocycles. The van der Waals surface area contributed by atoms with E-state index in [2.05, 4.69) is 58.6 Å². The number of hydrogen-bond donors (Lipinski definition) is 0. The number of ether oxygens (including phenoxy) is 3. The van der Waals surface area contributed by atoms with E-state index in [1.165, 1.54) is 48.8 Å². The second kappa shape index (κ2) is 13.0. The van der Waals surface area contributed by atoms with Crippen molar-refractivity contribution >= 4 is 11.5 Å². The van der Waals surface area contributed by atoms with E-state index in [9.17, 15) is 4.79 Å². The van der Waals surface area contributed by atoms with Crippen LogP contribution in [-0.4, -0.2) is 49.3 Å². The largest absolute Gasteiger partial charge is 0.483 e. The van der Waals surface area contributed by atoms with Crippen molar-refractivity contribution in [3.8, 4) is 11.5 Å². The van der Waals surface area contributed by atoms with Gasteiger partial charge in [0.15, 0.2) is 0 Å². The molecule has 1 aliphatic carbocycles. The van der Waals surface area contributed by atoms with Gasteiger partial charge in [-0.05, 0) is 92.7 Å². The summed E-state index contributed by atoms with van der Waals surface area (Å²) in [4.78, 5) is 15.5. The Morgan fingerprint density at radius 2 is 1.92 bits per heavy atom. The summed E-state index contributed by atoms with van der Waals surface area (Å²) in [6.45, 7) is 18.0. The Balaban J connectivity index is 1.61. The maximum atomic E-state index is 13.2. The quantitative estimate of drug-likeness (QED) is 0.168. The molecule has 0 radical (unpaired) electrons. The highest BCUT2D eigenvalue weighted by Crippen LogP contribution is 2.53. The van der Waals surface area contributed by atoms with E-state index in [1.54, 1.807) is 0 Å². The molecule has 5 heteroatoms. The minimum absolute atomic E-state index is 0.142. The number of benzene rings is 1. The molecule has 2 aliphatic heterocycles. The molecule has 1 aromatic carbocycles. The van der Waals surface area contributed by atoms with Crippen molar-refractivity contribution in [3.05, 3.63) is 28.8 Å². The van der Waals surface area contributed by atoms with Gasteiger partial charge in [-0.3, -0.25) is 9.69 Å². The maximum absolute atomic E-state index is 13.2. The van der Waals surface area contributed by atoms with Crippen LogP contribution in [0.25, 0.3) is 5.57 Å². The Morgan fingerprint density at radius 3 is 2.66 bits per heavy atom. The summed E-state index contributed by atoms with van der Waals surface area (Å²) in [5.41, 5.74) is 4.64. The fourth-order valence-electron chi connectivity index (χ4n) is 6.56. The molecule has 3 atom stereocenters. The summed E-state index contributed by atoms with van der Waals surface area (Å²) in [6.07, 6.45) is 9.61. The smallest absolute Gasteiger partial charge is 0.311 e. The Bertz CT molecular complexity index is 991. The molecule has 1 saturated heterocycles. The van der Waals surface area contributed by atoms with Crippen molar-refractivity contribution in [2.45, 2.75) is 111 Å². The van der Waals surface area contributed by atoms with Crippen LogP contribution in [0.4, 0.5) is 0 Å². The number of carbonyl (C=O) groups is 1. The summed E-state index contributed by atoms with van der Waals surface area (Å²) >= 11 is 0. The molecule has 2 heterocycles. The van der Waals surface area contributed by atoms with E-state index in [1.807, 2.05) is 0 Å². The van der Waals surface area contributed by atoms with E-state index in [0.29, 0.717) is 29.9 Å². The van der Waals surface area contributed by atoms with Crippen molar-refractivity contribution in [1.29, 1.82) is 0 Å². The molecule has 1 aromatic rings. The molecule has 3 aliphatic rings. The van der Waals surface area contributed by atoms with Gasteiger partial charge in [-0.25, -0.2) is 0 Å². The molecular weight excluding hydrogens is 474 g/mol. The fourth-order valence-corrected chi connectivity index (χ4v) is 6.56. The molecule has 0 aromatic heterocycles. The average molecular weight is 526 g/mol. The predicted molar refractivity (Wildman–Crippen MR) is 155 cm³/mol. The van der Waals surface area contributed by atoms with Crippen molar-refractivity contribution in [3.63, 3.8) is 0 Å². The normalized spacial score (nSPS) is 22.7. The number of nitrogens with zero attached hydrogens (tertiary/aromatic N) is 1. The van der Waals surface area contributed by atoms with E-state index in [4.69, 9.17) is 14.2 Å². The Labute approximate surface area is 231 Å². The summed E-state index contributed by atoms with van der Waals surface area (Å²) in [6, 6.07) is 4.41. The molecule has 5 nitrogen and oxygen atoms in total. The monoisotopic (exact) mass is 525 g/mol. The Hall–Kier alpha value is -1.85. The number of rotatable bonds is 11. The summed E-state index contributed by atoms with van der Waals surface area (Å²) in [7, 11) is 0. The Morgan fingerprint density at radius 1 is 1.16 bits per heavy atom. The molecular formula is C33H51NO4. The van der Waals surface area contributed by atoms with E-state index in [-0.39, 0.29) is 11.6 Å². The molecule has 3 unspecified atom stereocenters. The lowest BCUT2D eigenvalue weighted by molar-refractivity contribution is -0.134. The lowest BCUT2D eigenvalue weighted by Gasteiger charge is -2.42. The number of allylic oxidation sites excluding steroid dienone is 1. The summed E-state index contributed by atoms with van der Waals surface area (Å²) in [5.74, 6) is 2.80. The molecule has 0 N–H and O–H groups in total. The predicted octanol–water partition coefficient (Wildman–Crippen LogP) is 7.77. The van der Waals surface area contributed by atoms with Crippen molar-refractivity contribution in [1.82, 2.24) is 4.90 Å². The topological polar surface area (TPSA) is 48.0 Å². The van der Waals surface area contributed by atoms with Crippen LogP contribution in [0.1, 0.15) is 116 Å². The highest BCUT2D eigenvalue weighted by atomic mass is 16.5. The van der Waals surface area contributed by atoms with Crippen molar-refractivity contribution in [2.75, 3.05) is 32.8 Å². The van der Waals surface area contributed by atoms with Crippen LogP contribution >= 0.6 is 0 Å². The van der Waals surface area contributed by atoms with Gasteiger partial charge in [0.1, 0.15) is 17.1 Å². The van der Waals surface area contributed by atoms with Gasteiger partial charge in [0, 0.05) is 19.5 Å². The van der Waals surface area contributed by atoms with Gasteiger partial charge >= 0.3 is 5.97 Å². The SMILES string of the molecule is CCCCCC(C)C(C)c1cc(OC(=O)CCCN2CCOCC2)c2c(c1)OC(C)(C)C1=C2C(C)CCC1. The van der Waals surface area contributed by atoms with Crippen molar-refractivity contribution < 1.29 is 19.0 Å². The highest BCUT2D eigenvalue weighted by Gasteiger charge is 2.40. The minimum atomic E-state index is -0.342. The number of carbonyl (C=O) groups excluding carboxylic acids is 1. The van der Waals surface area contributed by atoms with E-state index >= 15 is 0 Å². The zero-order valence-corrected chi connectivity index (χ0v) is 24.9. The second-order valence-electron chi connectivity index (χ2n) is 12.5. The molecule has 212 valence electrons. The van der Waals surface area contributed by atoms with Gasteiger partial charge in [-0.2, -0.15) is 0 Å². The number of hydrogen-bond acceptors (Lipinski definition) is 5. The lowest BCUT2D eigenvalue weighted by atomic mass is 9.72. The van der Waals surface area contributed by atoms with Gasteiger partial charge in [-0.15, -0.1) is 0 Å². The Kier molecular flexibility index (Phi) is 9.97. The van der Waals surface area contributed by atoms with Crippen LogP contribution in [-0.2, 0) is 9.53 Å². The third-order valence-electron chi connectivity index (χ3n) is 9.16. The fraction of sp³-hybridized carbons (Fsp3) is 0.727. The number of esters is 1. The molecule has 0 spiro atoms. The lowest BCUT2D eigenvalue weighted by Crippen LogP contribution is -2.37. The minimum Gasteiger partial charge on any atom is -0.483 e. The summed E-state index contributed by atoms with van der Waals surface area (Å²) in [5, 5.41) is 0. The van der Waals surface area contributed by atoms with Gasteiger partial charge in [0.2, 0.25) is 0 Å². The highest BCUT2D eigenvalue weighted by molar-refractivity contribution is 5.85. The summed E-state index contributed by atoms with van der Waals surface area (Å²) < 4.78 is 18.4. The van der Waals surface area contributed by atoms with Crippen LogP contribution in [0.5, 0.6) is 11.5 Å². The number of morpholine rings is 1. The molecule has 4 rings (SSSR count). The van der Waals surface area contributed by atoms with Gasteiger partial charge in [0.05, 0.1) is 18.8 Å². The number of unbranched alkanes of at least 4 members (excludes halogenated alkanes) is 2. The van der Waals surface area contributed by atoms with Crippen LogP contribution in [0.15, 0.2) is 17.7 Å². The van der Waals surface area contributed by atoms with Crippen LogP contribution < -0.4 is 9.47 Å². The van der Waals surface area contributed by atoms with E-state index in [0.717, 1.165) is 63.4 Å². The first-order valence-corrected chi connectivity index (χ1v) is 15.3. The standard InChI is InChI=1S/C33H51NO4/c1-7-8-9-12-23(2)25(4)26-21-28(37-30(35)15-11-16-34-17-19-36-20-18-34)32-29(22-26)38-33(5,6)27-14-10-13-24(3)31(27)32/h21-25H,7-20H2,1-6H3. The third kappa shape index (κ3) is 6.83. The van der Waals surface area contributed by atoms with Gasteiger partial charge < -0.3 is 14.2 Å². The average Bonchev–Trinajstić information content (AvgIpc) is 2.88. The molecule has 1 fully saturated rings.